The van der Waals surface area contributed by atoms with E-state index in [1.807, 2.05) is 11.8 Å². The van der Waals surface area contributed by atoms with E-state index in [4.69, 9.17) is 4.74 Å². The Labute approximate surface area is 84.8 Å². The zero-order valence-electron chi connectivity index (χ0n) is 8.90. The van der Waals surface area contributed by atoms with Crippen LogP contribution < -0.4 is 0 Å². The Bertz CT molecular complexity index is 196. The highest BCUT2D eigenvalue weighted by molar-refractivity contribution is 5.71. The second-order valence-corrected chi connectivity index (χ2v) is 3.87. The summed E-state index contributed by atoms with van der Waals surface area (Å²) >= 11 is 0. The van der Waals surface area contributed by atoms with Gasteiger partial charge in [0.15, 0.2) is 0 Å². The molecule has 82 valence electrons. The number of nitrogens with zero attached hydrogens (tertiary/aromatic N) is 1. The number of esters is 1. The molecular weight excluding hydrogens is 182 g/mol. The molecule has 0 saturated carbocycles. The van der Waals surface area contributed by atoms with Crippen LogP contribution in [0.1, 0.15) is 20.3 Å². The first-order valence-electron chi connectivity index (χ1n) is 5.19. The molecule has 2 atom stereocenters. The van der Waals surface area contributed by atoms with E-state index in [1.165, 1.54) is 0 Å². The minimum atomic E-state index is -0.307. The average molecular weight is 201 g/mol. The molecule has 0 spiro atoms. The summed E-state index contributed by atoms with van der Waals surface area (Å²) < 4.78 is 4.84. The van der Waals surface area contributed by atoms with Crippen LogP contribution in [0.5, 0.6) is 0 Å². The molecule has 1 aliphatic rings. The number of β-amino-alcohol motifs (C(OH)–C–C–N with tert-alkyl or cyclic N) is 1. The lowest BCUT2D eigenvalue weighted by Crippen LogP contribution is -2.45. The minimum absolute atomic E-state index is 0.200. The Kier molecular flexibility index (Phi) is 4.35. The van der Waals surface area contributed by atoms with Crippen molar-refractivity contribution in [2.24, 2.45) is 5.92 Å². The molecule has 4 heteroatoms. The van der Waals surface area contributed by atoms with Crippen molar-refractivity contribution in [2.75, 3.05) is 26.2 Å². The van der Waals surface area contributed by atoms with E-state index < -0.39 is 0 Å². The molecule has 1 heterocycles. The molecule has 1 aliphatic heterocycles. The van der Waals surface area contributed by atoms with Crippen molar-refractivity contribution in [3.63, 3.8) is 0 Å². The molecule has 4 nitrogen and oxygen atoms in total. The molecule has 1 saturated heterocycles. The number of likely N-dealkylation sites (tertiary alicyclic amines) is 1. The van der Waals surface area contributed by atoms with E-state index in [2.05, 4.69) is 0 Å². The molecule has 0 amide bonds. The van der Waals surface area contributed by atoms with Crippen molar-refractivity contribution < 1.29 is 14.6 Å². The zero-order valence-corrected chi connectivity index (χ0v) is 8.90. The molecule has 0 aliphatic carbocycles. The maximum atomic E-state index is 11.2. The third kappa shape index (κ3) is 3.27. The van der Waals surface area contributed by atoms with E-state index in [1.54, 1.807) is 6.92 Å². The third-order valence-corrected chi connectivity index (χ3v) is 2.66. The molecular formula is C10H19NO3. The van der Waals surface area contributed by atoms with E-state index in [9.17, 15) is 9.90 Å². The quantitative estimate of drug-likeness (QED) is 0.665. The monoisotopic (exact) mass is 201 g/mol. The normalized spacial score (nSPS) is 28.8. The van der Waals surface area contributed by atoms with Crippen LogP contribution in [0.15, 0.2) is 0 Å². The molecule has 1 fully saturated rings. The predicted molar refractivity (Wildman–Crippen MR) is 52.9 cm³/mol. The van der Waals surface area contributed by atoms with Gasteiger partial charge in [-0.3, -0.25) is 9.69 Å². The molecule has 14 heavy (non-hydrogen) atoms. The van der Waals surface area contributed by atoms with E-state index in [0.29, 0.717) is 25.6 Å². The van der Waals surface area contributed by atoms with Crippen molar-refractivity contribution in [2.45, 2.75) is 26.4 Å². The largest absolute Gasteiger partial charge is 0.465 e. The highest BCUT2D eigenvalue weighted by atomic mass is 16.5. The fourth-order valence-corrected chi connectivity index (χ4v) is 1.65. The SMILES string of the molecule is CCOC(=O)CN1CCC(C)C(O)C1. The molecule has 0 aromatic carbocycles. The Morgan fingerprint density at radius 2 is 2.36 bits per heavy atom. The average Bonchev–Trinajstić information content (AvgIpc) is 2.12. The highest BCUT2D eigenvalue weighted by Gasteiger charge is 2.25. The first-order valence-corrected chi connectivity index (χ1v) is 5.19. The zero-order chi connectivity index (χ0) is 10.6. The maximum Gasteiger partial charge on any atom is 0.320 e. The first kappa shape index (κ1) is 11.5. The summed E-state index contributed by atoms with van der Waals surface area (Å²) in [6.07, 6.45) is 0.638. The lowest BCUT2D eigenvalue weighted by Gasteiger charge is -2.33. The standard InChI is InChI=1S/C10H19NO3/c1-3-14-10(13)7-11-5-4-8(2)9(12)6-11/h8-9,12H,3-7H2,1-2H3. The minimum Gasteiger partial charge on any atom is -0.465 e. The summed E-state index contributed by atoms with van der Waals surface area (Å²) in [7, 11) is 0. The fourth-order valence-electron chi connectivity index (χ4n) is 1.65. The van der Waals surface area contributed by atoms with Crippen LogP contribution in [-0.2, 0) is 9.53 Å². The number of rotatable bonds is 3. The molecule has 0 radical (unpaired) electrons. The second-order valence-electron chi connectivity index (χ2n) is 3.87. The second kappa shape index (κ2) is 5.32. The smallest absolute Gasteiger partial charge is 0.320 e. The Hall–Kier alpha value is -0.610. The number of carbonyl (C=O) groups is 1. The first-order chi connectivity index (χ1) is 6.63. The van der Waals surface area contributed by atoms with E-state index >= 15 is 0 Å². The van der Waals surface area contributed by atoms with Gasteiger partial charge in [-0.2, -0.15) is 0 Å². The van der Waals surface area contributed by atoms with Gasteiger partial charge in [-0.1, -0.05) is 6.92 Å². The van der Waals surface area contributed by atoms with Crippen molar-refractivity contribution >= 4 is 5.97 Å². The molecule has 1 N–H and O–H groups in total. The number of aliphatic hydroxyl groups excluding tert-OH is 1. The van der Waals surface area contributed by atoms with Gasteiger partial charge in [-0.15, -0.1) is 0 Å². The maximum absolute atomic E-state index is 11.2. The van der Waals surface area contributed by atoms with Gasteiger partial charge >= 0.3 is 5.97 Å². The van der Waals surface area contributed by atoms with E-state index in [0.717, 1.165) is 13.0 Å². The van der Waals surface area contributed by atoms with Gasteiger partial charge in [0, 0.05) is 6.54 Å². The van der Waals surface area contributed by atoms with Gasteiger partial charge in [0.1, 0.15) is 0 Å². The summed E-state index contributed by atoms with van der Waals surface area (Å²) in [5.41, 5.74) is 0. The Balaban J connectivity index is 2.29. The van der Waals surface area contributed by atoms with Crippen LogP contribution >= 0.6 is 0 Å². The number of ether oxygens (including phenoxy) is 1. The van der Waals surface area contributed by atoms with Crippen molar-refractivity contribution in [1.29, 1.82) is 0 Å². The number of piperidine rings is 1. The number of hydrogen-bond acceptors (Lipinski definition) is 4. The fraction of sp³-hybridized carbons (Fsp3) is 0.900. The van der Waals surface area contributed by atoms with Crippen molar-refractivity contribution in [1.82, 2.24) is 4.90 Å². The van der Waals surface area contributed by atoms with Crippen LogP contribution in [0, 0.1) is 5.92 Å². The van der Waals surface area contributed by atoms with Crippen LogP contribution in [-0.4, -0.2) is 48.3 Å². The summed E-state index contributed by atoms with van der Waals surface area (Å²) in [5.74, 6) is 0.141. The van der Waals surface area contributed by atoms with Gasteiger partial charge in [-0.05, 0) is 25.8 Å². The van der Waals surface area contributed by atoms with Gasteiger partial charge in [0.2, 0.25) is 0 Å². The topological polar surface area (TPSA) is 49.8 Å². The van der Waals surface area contributed by atoms with Crippen molar-refractivity contribution in [3.8, 4) is 0 Å². The van der Waals surface area contributed by atoms with Crippen molar-refractivity contribution in [3.05, 3.63) is 0 Å². The lowest BCUT2D eigenvalue weighted by molar-refractivity contribution is -0.145. The molecule has 0 aromatic rings. The highest BCUT2D eigenvalue weighted by Crippen LogP contribution is 2.16. The number of aliphatic hydroxyl groups is 1. The molecule has 0 aromatic heterocycles. The summed E-state index contributed by atoms with van der Waals surface area (Å²) in [6.45, 7) is 6.01. The predicted octanol–water partition coefficient (Wildman–Crippen LogP) is 0.252. The summed E-state index contributed by atoms with van der Waals surface area (Å²) in [6, 6.07) is 0. The summed E-state index contributed by atoms with van der Waals surface area (Å²) in [4.78, 5) is 13.1. The van der Waals surface area contributed by atoms with Crippen LogP contribution in [0.25, 0.3) is 0 Å². The molecule has 1 rings (SSSR count). The number of carbonyl (C=O) groups excluding carboxylic acids is 1. The third-order valence-electron chi connectivity index (χ3n) is 2.66. The molecule has 0 bridgehead atoms. The molecule has 2 unspecified atom stereocenters. The van der Waals surface area contributed by atoms with Crippen LogP contribution in [0.3, 0.4) is 0 Å². The Morgan fingerprint density at radius 1 is 1.64 bits per heavy atom. The van der Waals surface area contributed by atoms with Gasteiger partial charge in [-0.25, -0.2) is 0 Å². The van der Waals surface area contributed by atoms with Crippen LogP contribution in [0.4, 0.5) is 0 Å². The van der Waals surface area contributed by atoms with Gasteiger partial charge in [0.05, 0.1) is 19.3 Å². The van der Waals surface area contributed by atoms with Crippen LogP contribution in [0.2, 0.25) is 0 Å². The van der Waals surface area contributed by atoms with Gasteiger partial charge in [0.25, 0.3) is 0 Å². The Morgan fingerprint density at radius 3 is 2.93 bits per heavy atom. The lowest BCUT2D eigenvalue weighted by atomic mass is 9.96. The summed E-state index contributed by atoms with van der Waals surface area (Å²) in [5, 5.41) is 9.60. The van der Waals surface area contributed by atoms with Gasteiger partial charge < -0.3 is 9.84 Å². The number of hydrogen-bond donors (Lipinski definition) is 1. The van der Waals surface area contributed by atoms with E-state index in [-0.39, 0.29) is 12.1 Å².